The topological polar surface area (TPSA) is 109 Å². The number of methoxy groups -OCH3 is 1. The Hall–Kier alpha value is -3.50. The molecular weight excluding hydrogens is 372 g/mol. The molecule has 7 nitrogen and oxygen atoms in total. The van der Waals surface area contributed by atoms with E-state index in [9.17, 15) is 14.9 Å². The van der Waals surface area contributed by atoms with Crippen molar-refractivity contribution in [1.29, 1.82) is 5.26 Å². The number of halogens is 1. The molecule has 0 radical (unpaired) electrons. The van der Waals surface area contributed by atoms with E-state index >= 15 is 0 Å². The highest BCUT2D eigenvalue weighted by molar-refractivity contribution is 6.30. The molecule has 0 saturated carbocycles. The van der Waals surface area contributed by atoms with E-state index in [0.29, 0.717) is 16.3 Å². The van der Waals surface area contributed by atoms with Crippen LogP contribution in [0.1, 0.15) is 5.56 Å². The summed E-state index contributed by atoms with van der Waals surface area (Å²) in [5, 5.41) is 21.1. The van der Waals surface area contributed by atoms with Gasteiger partial charge in [0.1, 0.15) is 11.6 Å². The number of amides is 1. The molecule has 0 atom stereocenters. The Morgan fingerprint density at radius 1 is 1.22 bits per heavy atom. The first-order valence-corrected chi connectivity index (χ1v) is 8.02. The van der Waals surface area contributed by atoms with Gasteiger partial charge in [0.2, 0.25) is 0 Å². The van der Waals surface area contributed by atoms with Crippen LogP contribution >= 0.6 is 11.6 Å². The van der Waals surface area contributed by atoms with Gasteiger partial charge in [-0.15, -0.1) is 0 Å². The molecule has 138 valence electrons. The molecule has 2 aromatic rings. The van der Waals surface area contributed by atoms with Gasteiger partial charge >= 0.3 is 5.97 Å². The van der Waals surface area contributed by atoms with Crippen molar-refractivity contribution in [3.05, 3.63) is 58.6 Å². The number of hydrogen-bond acceptors (Lipinski definition) is 5. The summed E-state index contributed by atoms with van der Waals surface area (Å²) >= 11 is 5.80. The van der Waals surface area contributed by atoms with Crippen LogP contribution in [-0.4, -0.2) is 30.7 Å². The van der Waals surface area contributed by atoms with E-state index in [2.05, 4.69) is 5.32 Å². The number of carboxylic acids is 1. The Balaban J connectivity index is 2.20. The molecule has 0 spiro atoms. The number of nitrogens with zero attached hydrogens (tertiary/aromatic N) is 1. The standard InChI is InChI=1S/C19H15ClN2O5/c1-26-17-9-12(2-7-16(17)27-11-18(23)24)8-13(10-21)19(25)22-15-5-3-14(20)4-6-15/h2-9H,11H2,1H3,(H,22,25)(H,23,24). The number of anilines is 1. The molecule has 0 aromatic heterocycles. The van der Waals surface area contributed by atoms with Gasteiger partial charge < -0.3 is 19.9 Å². The summed E-state index contributed by atoms with van der Waals surface area (Å²) in [5.74, 6) is -1.18. The van der Waals surface area contributed by atoms with Crippen LogP contribution in [0.3, 0.4) is 0 Å². The number of carbonyl (C=O) groups is 2. The summed E-state index contributed by atoms with van der Waals surface area (Å²) in [4.78, 5) is 22.9. The fourth-order valence-corrected chi connectivity index (χ4v) is 2.21. The van der Waals surface area contributed by atoms with Crippen LogP contribution in [0.2, 0.25) is 5.02 Å². The first-order valence-electron chi connectivity index (χ1n) is 7.64. The average molecular weight is 387 g/mol. The van der Waals surface area contributed by atoms with Crippen molar-refractivity contribution in [2.24, 2.45) is 0 Å². The Labute approximate surface area is 160 Å². The molecule has 0 unspecified atom stereocenters. The van der Waals surface area contributed by atoms with Gasteiger partial charge in [0.15, 0.2) is 18.1 Å². The minimum Gasteiger partial charge on any atom is -0.493 e. The highest BCUT2D eigenvalue weighted by Gasteiger charge is 2.12. The lowest BCUT2D eigenvalue weighted by Gasteiger charge is -2.10. The molecule has 0 fully saturated rings. The van der Waals surface area contributed by atoms with Crippen molar-refractivity contribution in [1.82, 2.24) is 0 Å². The summed E-state index contributed by atoms with van der Waals surface area (Å²) in [6.45, 7) is -0.515. The number of carboxylic acid groups (broad SMARTS) is 1. The first-order chi connectivity index (χ1) is 12.9. The molecule has 2 aromatic carbocycles. The molecule has 1 amide bonds. The predicted molar refractivity (Wildman–Crippen MR) is 99.8 cm³/mol. The van der Waals surface area contributed by atoms with E-state index in [1.54, 1.807) is 30.3 Å². The normalized spacial score (nSPS) is 10.6. The zero-order valence-corrected chi connectivity index (χ0v) is 15.0. The number of hydrogen-bond donors (Lipinski definition) is 2. The molecule has 0 aliphatic carbocycles. The molecule has 0 heterocycles. The smallest absolute Gasteiger partial charge is 0.341 e. The summed E-state index contributed by atoms with van der Waals surface area (Å²) in [5.41, 5.74) is 0.893. The summed E-state index contributed by atoms with van der Waals surface area (Å²) in [7, 11) is 1.40. The van der Waals surface area contributed by atoms with Crippen LogP contribution in [-0.2, 0) is 9.59 Å². The van der Waals surface area contributed by atoms with Crippen LogP contribution in [0.25, 0.3) is 6.08 Å². The van der Waals surface area contributed by atoms with Crippen LogP contribution in [0.5, 0.6) is 11.5 Å². The number of aliphatic carboxylic acids is 1. The van der Waals surface area contributed by atoms with E-state index in [1.165, 1.54) is 25.3 Å². The SMILES string of the molecule is COc1cc(C=C(C#N)C(=O)Nc2ccc(Cl)cc2)ccc1OCC(=O)O. The molecule has 2 N–H and O–H groups in total. The fraction of sp³-hybridized carbons (Fsp3) is 0.105. The lowest BCUT2D eigenvalue weighted by Crippen LogP contribution is -2.13. The molecule has 2 rings (SSSR count). The largest absolute Gasteiger partial charge is 0.493 e. The average Bonchev–Trinajstić information content (AvgIpc) is 2.66. The maximum absolute atomic E-state index is 12.3. The minimum atomic E-state index is -1.12. The lowest BCUT2D eigenvalue weighted by molar-refractivity contribution is -0.139. The second-order valence-corrected chi connectivity index (χ2v) is 5.66. The number of benzene rings is 2. The van der Waals surface area contributed by atoms with Crippen LogP contribution < -0.4 is 14.8 Å². The van der Waals surface area contributed by atoms with Gasteiger partial charge in [0.25, 0.3) is 5.91 Å². The number of carbonyl (C=O) groups excluding carboxylic acids is 1. The quantitative estimate of drug-likeness (QED) is 0.558. The zero-order chi connectivity index (χ0) is 19.8. The number of rotatable bonds is 7. The molecule has 0 aliphatic rings. The third-order valence-corrected chi connectivity index (χ3v) is 3.57. The van der Waals surface area contributed by atoms with Crippen LogP contribution in [0, 0.1) is 11.3 Å². The minimum absolute atomic E-state index is 0.119. The van der Waals surface area contributed by atoms with Crippen LogP contribution in [0.15, 0.2) is 48.0 Å². The van der Waals surface area contributed by atoms with E-state index in [0.717, 1.165) is 0 Å². The highest BCUT2D eigenvalue weighted by atomic mass is 35.5. The maximum Gasteiger partial charge on any atom is 0.341 e. The number of nitrogens with one attached hydrogen (secondary N) is 1. The van der Waals surface area contributed by atoms with E-state index in [1.807, 2.05) is 6.07 Å². The number of nitriles is 1. The van der Waals surface area contributed by atoms with E-state index in [4.69, 9.17) is 26.2 Å². The first kappa shape index (κ1) is 19.8. The second-order valence-electron chi connectivity index (χ2n) is 5.22. The molecule has 8 heteroatoms. The Morgan fingerprint density at radius 2 is 1.93 bits per heavy atom. The summed E-state index contributed by atoms with van der Waals surface area (Å²) in [6.07, 6.45) is 1.38. The van der Waals surface area contributed by atoms with Gasteiger partial charge in [-0.05, 0) is 48.0 Å². The molecule has 0 aliphatic heterocycles. The third-order valence-electron chi connectivity index (χ3n) is 3.32. The van der Waals surface area contributed by atoms with Crippen molar-refractivity contribution in [2.45, 2.75) is 0 Å². The zero-order valence-electron chi connectivity index (χ0n) is 14.2. The molecule has 0 bridgehead atoms. The van der Waals surface area contributed by atoms with Gasteiger partial charge in [-0.2, -0.15) is 5.26 Å². The summed E-state index contributed by atoms with van der Waals surface area (Å²) in [6, 6.07) is 12.9. The van der Waals surface area contributed by atoms with Crippen molar-refractivity contribution in [2.75, 3.05) is 19.0 Å². The summed E-state index contributed by atoms with van der Waals surface area (Å²) < 4.78 is 10.3. The second kappa shape index (κ2) is 9.27. The van der Waals surface area contributed by atoms with Crippen molar-refractivity contribution < 1.29 is 24.2 Å². The molecule has 0 saturated heterocycles. The predicted octanol–water partition coefficient (Wildman–Crippen LogP) is 3.36. The van der Waals surface area contributed by atoms with E-state index < -0.39 is 18.5 Å². The van der Waals surface area contributed by atoms with Crippen molar-refractivity contribution in [3.8, 4) is 17.6 Å². The lowest BCUT2D eigenvalue weighted by atomic mass is 10.1. The molecular formula is C19H15ClN2O5. The maximum atomic E-state index is 12.3. The highest BCUT2D eigenvalue weighted by Crippen LogP contribution is 2.29. The van der Waals surface area contributed by atoms with Gasteiger partial charge in [0.05, 0.1) is 7.11 Å². The van der Waals surface area contributed by atoms with Gasteiger partial charge in [-0.3, -0.25) is 4.79 Å². The fourth-order valence-electron chi connectivity index (χ4n) is 2.08. The van der Waals surface area contributed by atoms with E-state index in [-0.39, 0.29) is 17.1 Å². The Bertz CT molecular complexity index is 917. The number of ether oxygens (including phenoxy) is 2. The molecule has 27 heavy (non-hydrogen) atoms. The Morgan fingerprint density at radius 3 is 2.52 bits per heavy atom. The van der Waals surface area contributed by atoms with Gasteiger partial charge in [-0.25, -0.2) is 4.79 Å². The van der Waals surface area contributed by atoms with Gasteiger partial charge in [-0.1, -0.05) is 17.7 Å². The third kappa shape index (κ3) is 5.76. The monoisotopic (exact) mass is 386 g/mol. The van der Waals surface area contributed by atoms with Crippen molar-refractivity contribution in [3.63, 3.8) is 0 Å². The van der Waals surface area contributed by atoms with Crippen molar-refractivity contribution >= 4 is 35.2 Å². The van der Waals surface area contributed by atoms with Gasteiger partial charge in [0, 0.05) is 10.7 Å². The Kier molecular flexibility index (Phi) is 6.80. The van der Waals surface area contributed by atoms with Crippen LogP contribution in [0.4, 0.5) is 5.69 Å².